The Morgan fingerprint density at radius 2 is 2.54 bits per heavy atom. The van der Waals surface area contributed by atoms with Gasteiger partial charge in [-0.3, -0.25) is 4.57 Å². The highest BCUT2D eigenvalue weighted by molar-refractivity contribution is 5.38. The van der Waals surface area contributed by atoms with Crippen LogP contribution in [0.25, 0.3) is 0 Å². The van der Waals surface area contributed by atoms with Gasteiger partial charge in [0.05, 0.1) is 12.8 Å². The lowest BCUT2D eigenvalue weighted by Crippen LogP contribution is -2.24. The Labute approximate surface area is 78.1 Å². The molecular weight excluding hydrogens is 166 g/mol. The second-order valence-corrected chi connectivity index (χ2v) is 3.26. The van der Waals surface area contributed by atoms with E-state index in [9.17, 15) is 0 Å². The number of fused-ring (bicyclic) bond motifs is 1. The first-order valence-electron chi connectivity index (χ1n) is 4.66. The fourth-order valence-corrected chi connectivity index (χ4v) is 1.53. The maximum atomic E-state index is 5.39. The van der Waals surface area contributed by atoms with Gasteiger partial charge in [-0.1, -0.05) is 0 Å². The number of imidazole rings is 1. The fourth-order valence-electron chi connectivity index (χ4n) is 1.53. The normalized spacial score (nSPS) is 15.5. The third kappa shape index (κ3) is 1.42. The molecule has 0 saturated heterocycles. The van der Waals surface area contributed by atoms with Gasteiger partial charge in [0.2, 0.25) is 0 Å². The zero-order valence-corrected chi connectivity index (χ0v) is 8.16. The maximum absolute atomic E-state index is 5.39. The van der Waals surface area contributed by atoms with Crippen molar-refractivity contribution in [2.75, 3.05) is 25.1 Å². The van der Waals surface area contributed by atoms with E-state index in [4.69, 9.17) is 4.74 Å². The third-order valence-corrected chi connectivity index (χ3v) is 2.47. The minimum absolute atomic E-state index is 0.648. The van der Waals surface area contributed by atoms with Crippen molar-refractivity contribution < 1.29 is 4.74 Å². The average Bonchev–Trinajstić information content (AvgIpc) is 2.60. The lowest BCUT2D eigenvalue weighted by Gasteiger charge is -2.22. The molecule has 13 heavy (non-hydrogen) atoms. The van der Waals surface area contributed by atoms with Crippen molar-refractivity contribution in [3.05, 3.63) is 12.0 Å². The van der Waals surface area contributed by atoms with E-state index in [1.165, 1.54) is 0 Å². The maximum Gasteiger partial charge on any atom is 0.130 e. The van der Waals surface area contributed by atoms with Crippen LogP contribution in [0.4, 0.5) is 5.82 Å². The van der Waals surface area contributed by atoms with Crippen molar-refractivity contribution in [1.82, 2.24) is 9.55 Å². The second-order valence-electron chi connectivity index (χ2n) is 3.26. The summed E-state index contributed by atoms with van der Waals surface area (Å²) in [5, 5.41) is 0. The molecule has 0 unspecified atom stereocenters. The first kappa shape index (κ1) is 8.56. The summed E-state index contributed by atoms with van der Waals surface area (Å²) < 4.78 is 7.52. The quantitative estimate of drug-likeness (QED) is 0.678. The molecule has 2 heterocycles. The first-order valence-corrected chi connectivity index (χ1v) is 4.66. The lowest BCUT2D eigenvalue weighted by atomic mass is 10.4. The van der Waals surface area contributed by atoms with Gasteiger partial charge < -0.3 is 9.64 Å². The number of hydrogen-bond donors (Lipinski definition) is 0. The van der Waals surface area contributed by atoms with Gasteiger partial charge in [0.15, 0.2) is 0 Å². The highest BCUT2D eigenvalue weighted by Crippen LogP contribution is 2.18. The SMILES string of the molecule is CCN(C)c1cnc2n1COCC2. The Hall–Kier alpha value is -1.03. The van der Waals surface area contributed by atoms with Crippen LogP contribution in [0.1, 0.15) is 12.7 Å². The molecule has 0 radical (unpaired) electrons. The molecule has 1 aliphatic rings. The fraction of sp³-hybridized carbons (Fsp3) is 0.667. The Bertz CT molecular complexity index is 295. The van der Waals surface area contributed by atoms with Crippen LogP contribution < -0.4 is 4.90 Å². The van der Waals surface area contributed by atoms with Crippen LogP contribution in [-0.2, 0) is 17.9 Å². The number of hydrogen-bond acceptors (Lipinski definition) is 3. The summed E-state index contributed by atoms with van der Waals surface area (Å²) in [4.78, 5) is 6.54. The molecule has 1 aromatic heterocycles. The molecule has 0 aliphatic carbocycles. The van der Waals surface area contributed by atoms with E-state index in [0.717, 1.165) is 31.2 Å². The van der Waals surface area contributed by atoms with Crippen LogP contribution in [0.3, 0.4) is 0 Å². The summed E-state index contributed by atoms with van der Waals surface area (Å²) in [5.74, 6) is 2.29. The number of aromatic nitrogens is 2. The summed E-state index contributed by atoms with van der Waals surface area (Å²) in [7, 11) is 2.07. The van der Waals surface area contributed by atoms with E-state index in [1.54, 1.807) is 0 Å². The van der Waals surface area contributed by atoms with E-state index in [2.05, 4.69) is 28.4 Å². The predicted octanol–water partition coefficient (Wildman–Crippen LogP) is 0.869. The van der Waals surface area contributed by atoms with Gasteiger partial charge in [-0.2, -0.15) is 0 Å². The Morgan fingerprint density at radius 3 is 3.31 bits per heavy atom. The van der Waals surface area contributed by atoms with E-state index in [1.807, 2.05) is 6.20 Å². The summed E-state index contributed by atoms with van der Waals surface area (Å²) in [6.45, 7) is 4.57. The zero-order chi connectivity index (χ0) is 9.26. The monoisotopic (exact) mass is 181 g/mol. The molecular formula is C9H15N3O. The van der Waals surface area contributed by atoms with Gasteiger partial charge in [0.25, 0.3) is 0 Å². The summed E-state index contributed by atoms with van der Waals surface area (Å²) >= 11 is 0. The number of ether oxygens (including phenoxy) is 1. The van der Waals surface area contributed by atoms with Gasteiger partial charge in [0, 0.05) is 20.0 Å². The molecule has 0 bridgehead atoms. The predicted molar refractivity (Wildman–Crippen MR) is 50.8 cm³/mol. The molecule has 0 spiro atoms. The van der Waals surface area contributed by atoms with Crippen LogP contribution in [0.5, 0.6) is 0 Å². The molecule has 0 fully saturated rings. The highest BCUT2D eigenvalue weighted by Gasteiger charge is 2.15. The lowest BCUT2D eigenvalue weighted by molar-refractivity contribution is 0.0567. The molecule has 0 amide bonds. The molecule has 0 saturated carbocycles. The van der Waals surface area contributed by atoms with E-state index >= 15 is 0 Å². The molecule has 2 rings (SSSR count). The smallest absolute Gasteiger partial charge is 0.130 e. The van der Waals surface area contributed by atoms with E-state index in [-0.39, 0.29) is 0 Å². The van der Waals surface area contributed by atoms with Crippen molar-refractivity contribution in [3.8, 4) is 0 Å². The molecule has 0 N–H and O–H groups in total. The molecule has 4 nitrogen and oxygen atoms in total. The van der Waals surface area contributed by atoms with Crippen molar-refractivity contribution >= 4 is 5.82 Å². The van der Waals surface area contributed by atoms with Crippen LogP contribution in [-0.4, -0.2) is 29.8 Å². The molecule has 1 aromatic rings. The first-order chi connectivity index (χ1) is 6.33. The zero-order valence-electron chi connectivity index (χ0n) is 8.16. The molecule has 4 heteroatoms. The summed E-state index contributed by atoms with van der Waals surface area (Å²) in [6, 6.07) is 0. The van der Waals surface area contributed by atoms with Crippen LogP contribution in [0.2, 0.25) is 0 Å². The minimum Gasteiger partial charge on any atom is -0.360 e. The van der Waals surface area contributed by atoms with E-state index < -0.39 is 0 Å². The van der Waals surface area contributed by atoms with Gasteiger partial charge in [-0.25, -0.2) is 4.98 Å². The van der Waals surface area contributed by atoms with Crippen molar-refractivity contribution in [3.63, 3.8) is 0 Å². The topological polar surface area (TPSA) is 30.3 Å². The van der Waals surface area contributed by atoms with E-state index in [0.29, 0.717) is 6.73 Å². The van der Waals surface area contributed by atoms with Crippen molar-refractivity contribution in [2.24, 2.45) is 0 Å². The summed E-state index contributed by atoms with van der Waals surface area (Å²) in [5.41, 5.74) is 0. The number of rotatable bonds is 2. The summed E-state index contributed by atoms with van der Waals surface area (Å²) in [6.07, 6.45) is 2.85. The molecule has 1 aliphatic heterocycles. The highest BCUT2D eigenvalue weighted by atomic mass is 16.5. The van der Waals surface area contributed by atoms with Crippen molar-refractivity contribution in [2.45, 2.75) is 20.1 Å². The Balaban J connectivity index is 2.31. The van der Waals surface area contributed by atoms with Crippen LogP contribution >= 0.6 is 0 Å². The van der Waals surface area contributed by atoms with Gasteiger partial charge in [-0.05, 0) is 6.92 Å². The van der Waals surface area contributed by atoms with Gasteiger partial charge in [0.1, 0.15) is 18.4 Å². The average molecular weight is 181 g/mol. The number of anilines is 1. The second kappa shape index (κ2) is 3.38. The molecule has 0 atom stereocenters. The van der Waals surface area contributed by atoms with Crippen molar-refractivity contribution in [1.29, 1.82) is 0 Å². The standard InChI is InChI=1S/C9H15N3O/c1-3-11(2)9-6-10-8-4-5-13-7-12(8)9/h6H,3-5,7H2,1-2H3. The van der Waals surface area contributed by atoms with Gasteiger partial charge in [-0.15, -0.1) is 0 Å². The van der Waals surface area contributed by atoms with Crippen LogP contribution in [0.15, 0.2) is 6.20 Å². The van der Waals surface area contributed by atoms with Crippen LogP contribution in [0, 0.1) is 0 Å². The minimum atomic E-state index is 0.648. The largest absolute Gasteiger partial charge is 0.360 e. The number of nitrogens with zero attached hydrogens (tertiary/aromatic N) is 3. The Kier molecular flexibility index (Phi) is 2.22. The third-order valence-electron chi connectivity index (χ3n) is 2.47. The molecule has 0 aromatic carbocycles. The molecule has 72 valence electrons. The van der Waals surface area contributed by atoms with Gasteiger partial charge >= 0.3 is 0 Å². The Morgan fingerprint density at radius 1 is 1.69 bits per heavy atom.